The molecule has 0 spiro atoms. The molecule has 23 heavy (non-hydrogen) atoms. The average Bonchev–Trinajstić information content (AvgIpc) is 2.47. The first kappa shape index (κ1) is 17.1. The van der Waals surface area contributed by atoms with Crippen molar-refractivity contribution in [3.05, 3.63) is 50.7 Å². The summed E-state index contributed by atoms with van der Waals surface area (Å²) in [4.78, 5) is 5.54. The van der Waals surface area contributed by atoms with Crippen molar-refractivity contribution in [2.45, 2.75) is 49.3 Å². The highest BCUT2D eigenvalue weighted by Gasteiger charge is 2.32. The standard InChI is InChI=1S/C13H16N6O3S/c1-9-2-4-13(5-3-9)23(20,21)22-12-7-10(16-18-14)6-11(8-12)17-19-15/h2-5,10-12H,6-8H2,1H3/t10-,11+,12+. The molecule has 0 heterocycles. The second-order valence-electron chi connectivity index (χ2n) is 5.41. The summed E-state index contributed by atoms with van der Waals surface area (Å²) < 4.78 is 29.9. The highest BCUT2D eigenvalue weighted by atomic mass is 32.2. The molecule has 3 atom stereocenters. The minimum Gasteiger partial charge on any atom is -0.263 e. The van der Waals surface area contributed by atoms with Crippen LogP contribution in [0.2, 0.25) is 0 Å². The molecular weight excluding hydrogens is 320 g/mol. The highest BCUT2D eigenvalue weighted by Crippen LogP contribution is 2.29. The Labute approximate surface area is 133 Å². The van der Waals surface area contributed by atoms with E-state index < -0.39 is 28.3 Å². The fraction of sp³-hybridized carbons (Fsp3) is 0.538. The van der Waals surface area contributed by atoms with Crippen molar-refractivity contribution in [1.29, 1.82) is 0 Å². The molecule has 1 fully saturated rings. The molecule has 0 N–H and O–H groups in total. The van der Waals surface area contributed by atoms with Crippen LogP contribution < -0.4 is 0 Å². The predicted octanol–water partition coefficient (Wildman–Crippen LogP) is 3.61. The van der Waals surface area contributed by atoms with E-state index in [-0.39, 0.29) is 17.7 Å². The minimum absolute atomic E-state index is 0.0642. The summed E-state index contributed by atoms with van der Waals surface area (Å²) in [6, 6.07) is 5.41. The monoisotopic (exact) mass is 336 g/mol. The Morgan fingerprint density at radius 1 is 1.04 bits per heavy atom. The Hall–Kier alpha value is -2.25. The van der Waals surface area contributed by atoms with Crippen molar-refractivity contribution in [2.75, 3.05) is 0 Å². The first-order valence-corrected chi connectivity index (χ1v) is 8.44. The van der Waals surface area contributed by atoms with E-state index in [9.17, 15) is 8.42 Å². The van der Waals surface area contributed by atoms with E-state index in [0.29, 0.717) is 6.42 Å². The molecule has 0 unspecified atom stereocenters. The Balaban J connectivity index is 2.17. The van der Waals surface area contributed by atoms with Gasteiger partial charge in [-0.2, -0.15) is 8.42 Å². The van der Waals surface area contributed by atoms with Crippen LogP contribution in [0.3, 0.4) is 0 Å². The predicted molar refractivity (Wildman–Crippen MR) is 83.0 cm³/mol. The Morgan fingerprint density at radius 2 is 1.57 bits per heavy atom. The van der Waals surface area contributed by atoms with Crippen molar-refractivity contribution in [2.24, 2.45) is 10.2 Å². The smallest absolute Gasteiger partial charge is 0.263 e. The molecule has 0 radical (unpaired) electrons. The Morgan fingerprint density at radius 3 is 2.04 bits per heavy atom. The molecule has 1 aliphatic carbocycles. The van der Waals surface area contributed by atoms with Crippen molar-refractivity contribution in [3.63, 3.8) is 0 Å². The summed E-state index contributed by atoms with van der Waals surface area (Å²) in [5.74, 6) is 0. The first-order valence-electron chi connectivity index (χ1n) is 7.03. The lowest BCUT2D eigenvalue weighted by Gasteiger charge is -2.29. The normalized spacial score (nSPS) is 24.3. The highest BCUT2D eigenvalue weighted by molar-refractivity contribution is 7.86. The molecule has 9 nitrogen and oxygen atoms in total. The van der Waals surface area contributed by atoms with E-state index in [1.807, 2.05) is 6.92 Å². The van der Waals surface area contributed by atoms with Crippen molar-refractivity contribution < 1.29 is 12.6 Å². The van der Waals surface area contributed by atoms with E-state index in [2.05, 4.69) is 20.1 Å². The zero-order chi connectivity index (χ0) is 16.9. The number of nitrogens with zero attached hydrogens (tertiary/aromatic N) is 6. The van der Waals surface area contributed by atoms with Gasteiger partial charge in [0.05, 0.1) is 11.0 Å². The van der Waals surface area contributed by atoms with Gasteiger partial charge in [0, 0.05) is 21.9 Å². The molecule has 0 aliphatic heterocycles. The van der Waals surface area contributed by atoms with E-state index in [0.717, 1.165) is 5.56 Å². The van der Waals surface area contributed by atoms with E-state index in [1.54, 1.807) is 12.1 Å². The summed E-state index contributed by atoms with van der Waals surface area (Å²) in [5.41, 5.74) is 18.0. The molecule has 1 saturated carbocycles. The Kier molecular flexibility index (Phi) is 5.46. The second-order valence-corrected chi connectivity index (χ2v) is 6.98. The van der Waals surface area contributed by atoms with Crippen molar-refractivity contribution >= 4 is 10.1 Å². The zero-order valence-electron chi connectivity index (χ0n) is 12.5. The molecule has 10 heteroatoms. The van der Waals surface area contributed by atoms with Crippen LogP contribution in [-0.2, 0) is 14.3 Å². The number of azide groups is 2. The number of hydrogen-bond acceptors (Lipinski definition) is 5. The SMILES string of the molecule is Cc1ccc(S(=O)(=O)O[C@H]2C[C@H](N=[N+]=[N-])C[C@H](N=[N+]=[N-])C2)cc1. The van der Waals surface area contributed by atoms with Gasteiger partial charge in [-0.05, 0) is 49.4 Å². The molecule has 0 amide bonds. The summed E-state index contributed by atoms with van der Waals surface area (Å²) >= 11 is 0. The van der Waals surface area contributed by atoms with E-state index in [4.69, 9.17) is 15.2 Å². The number of rotatable bonds is 5. The van der Waals surface area contributed by atoms with Gasteiger partial charge < -0.3 is 0 Å². The summed E-state index contributed by atoms with van der Waals surface area (Å²) in [7, 11) is -3.92. The maximum atomic E-state index is 12.3. The molecular formula is C13H16N6O3S. The zero-order valence-corrected chi connectivity index (χ0v) is 13.3. The van der Waals surface area contributed by atoms with Gasteiger partial charge in [-0.15, -0.1) is 0 Å². The molecule has 1 aliphatic rings. The van der Waals surface area contributed by atoms with E-state index in [1.165, 1.54) is 12.1 Å². The maximum Gasteiger partial charge on any atom is 0.297 e. The summed E-state index contributed by atoms with van der Waals surface area (Å²) in [5, 5.41) is 7.21. The average molecular weight is 336 g/mol. The Bertz CT molecular complexity index is 724. The van der Waals surface area contributed by atoms with Crippen LogP contribution in [0.4, 0.5) is 0 Å². The van der Waals surface area contributed by atoms with Gasteiger partial charge in [-0.1, -0.05) is 27.9 Å². The van der Waals surface area contributed by atoms with Gasteiger partial charge in [0.2, 0.25) is 0 Å². The van der Waals surface area contributed by atoms with Gasteiger partial charge in [0.25, 0.3) is 10.1 Å². The van der Waals surface area contributed by atoms with Gasteiger partial charge >= 0.3 is 0 Å². The fourth-order valence-electron chi connectivity index (χ4n) is 2.56. The molecule has 122 valence electrons. The molecule has 1 aromatic carbocycles. The molecule has 1 aromatic rings. The maximum absolute atomic E-state index is 12.3. The molecule has 0 saturated heterocycles. The van der Waals surface area contributed by atoms with Crippen LogP contribution >= 0.6 is 0 Å². The quantitative estimate of drug-likeness (QED) is 0.351. The van der Waals surface area contributed by atoms with Crippen LogP contribution in [0.5, 0.6) is 0 Å². The van der Waals surface area contributed by atoms with Crippen molar-refractivity contribution in [1.82, 2.24) is 0 Å². The number of hydrogen-bond donors (Lipinski definition) is 0. The molecule has 0 aromatic heterocycles. The van der Waals surface area contributed by atoms with Gasteiger partial charge in [-0.3, -0.25) is 4.18 Å². The van der Waals surface area contributed by atoms with Gasteiger partial charge in [-0.25, -0.2) is 0 Å². The van der Waals surface area contributed by atoms with E-state index >= 15 is 0 Å². The third kappa shape index (κ3) is 4.61. The third-order valence-corrected chi connectivity index (χ3v) is 4.99. The van der Waals surface area contributed by atoms with Crippen molar-refractivity contribution in [3.8, 4) is 0 Å². The van der Waals surface area contributed by atoms with Gasteiger partial charge in [0.1, 0.15) is 0 Å². The molecule has 0 bridgehead atoms. The lowest BCUT2D eigenvalue weighted by molar-refractivity contribution is 0.140. The first-order chi connectivity index (χ1) is 10.9. The second kappa shape index (κ2) is 7.34. The van der Waals surface area contributed by atoms with Crippen LogP contribution in [0.1, 0.15) is 24.8 Å². The summed E-state index contributed by atoms with van der Waals surface area (Å²) in [6.07, 6.45) is 0.235. The minimum atomic E-state index is -3.92. The fourth-order valence-corrected chi connectivity index (χ4v) is 3.66. The van der Waals surface area contributed by atoms with Gasteiger partial charge in [0.15, 0.2) is 0 Å². The van der Waals surface area contributed by atoms with Crippen LogP contribution in [0, 0.1) is 6.92 Å². The van der Waals surface area contributed by atoms with Crippen LogP contribution in [-0.4, -0.2) is 26.6 Å². The largest absolute Gasteiger partial charge is 0.297 e. The summed E-state index contributed by atoms with van der Waals surface area (Å²) in [6.45, 7) is 1.85. The third-order valence-electron chi connectivity index (χ3n) is 3.62. The topological polar surface area (TPSA) is 141 Å². The van der Waals surface area contributed by atoms with Crippen LogP contribution in [0.15, 0.2) is 39.4 Å². The lowest BCUT2D eigenvalue weighted by atomic mass is 9.90. The van der Waals surface area contributed by atoms with Crippen LogP contribution in [0.25, 0.3) is 20.9 Å². The molecule has 2 rings (SSSR count). The lowest BCUT2D eigenvalue weighted by Crippen LogP contribution is -2.34. The number of benzene rings is 1. The number of aryl methyl sites for hydroxylation is 1.